The first-order chi connectivity index (χ1) is 10.5. The molecule has 0 amide bonds. The molecule has 0 unspecified atom stereocenters. The predicted octanol–water partition coefficient (Wildman–Crippen LogP) is 7.86. The van der Waals surface area contributed by atoms with Crippen LogP contribution in [-0.4, -0.2) is 0 Å². The molecule has 2 aliphatic carbocycles. The second-order valence-electron chi connectivity index (χ2n) is 8.78. The molecule has 0 radical (unpaired) electrons. The molecule has 0 aromatic rings. The summed E-state index contributed by atoms with van der Waals surface area (Å²) in [5.41, 5.74) is 0.609. The fraction of sp³-hybridized carbons (Fsp3) is 1.00. The first-order valence-electron chi connectivity index (χ1n) is 10.5. The van der Waals surface area contributed by atoms with Gasteiger partial charge in [-0.3, -0.25) is 0 Å². The quantitative estimate of drug-likeness (QED) is 0.495. The van der Waals surface area contributed by atoms with E-state index in [1.165, 1.54) is 70.6 Å². The van der Waals surface area contributed by atoms with Crippen molar-refractivity contribution in [1.82, 2.24) is 0 Å². The van der Waals surface area contributed by atoms with Gasteiger partial charge in [-0.15, -0.1) is 0 Å². The van der Waals surface area contributed by atoms with Crippen LogP contribution >= 0.6 is 0 Å². The van der Waals surface area contributed by atoms with Crippen molar-refractivity contribution in [1.29, 1.82) is 0 Å². The molecule has 0 nitrogen and oxygen atoms in total. The molecule has 0 aliphatic heterocycles. The Balaban J connectivity index is 0.000000745. The van der Waals surface area contributed by atoms with Crippen molar-refractivity contribution >= 4 is 0 Å². The Bertz CT molecular complexity index is 236. The predicted molar refractivity (Wildman–Crippen MR) is 101 cm³/mol. The van der Waals surface area contributed by atoms with Gasteiger partial charge in [-0.2, -0.15) is 0 Å². The Morgan fingerprint density at radius 2 is 0.864 bits per heavy atom. The molecule has 0 aromatic heterocycles. The van der Waals surface area contributed by atoms with E-state index in [4.69, 9.17) is 0 Å². The summed E-state index contributed by atoms with van der Waals surface area (Å²) in [5.74, 6) is 4.11. The maximum absolute atomic E-state index is 2.60. The molecule has 22 heavy (non-hydrogen) atoms. The smallest absolute Gasteiger partial charge is 0.0298 e. The summed E-state index contributed by atoms with van der Waals surface area (Å²) in [6.07, 6.45) is 16.2. The zero-order valence-corrected chi connectivity index (χ0v) is 16.6. The molecule has 0 heteroatoms. The normalized spacial score (nSPS) is 33.0. The highest BCUT2D eigenvalue weighted by Crippen LogP contribution is 2.50. The second-order valence-corrected chi connectivity index (χ2v) is 8.78. The van der Waals surface area contributed by atoms with E-state index < -0.39 is 0 Å². The maximum Gasteiger partial charge on any atom is -0.0298 e. The lowest BCUT2D eigenvalue weighted by molar-refractivity contribution is 0.0381. The fourth-order valence-corrected chi connectivity index (χ4v) is 4.96. The zero-order valence-electron chi connectivity index (χ0n) is 16.6. The monoisotopic (exact) mass is 308 g/mol. The van der Waals surface area contributed by atoms with Gasteiger partial charge in [0.2, 0.25) is 0 Å². The fourth-order valence-electron chi connectivity index (χ4n) is 4.96. The van der Waals surface area contributed by atoms with Gasteiger partial charge in [0, 0.05) is 0 Å². The topological polar surface area (TPSA) is 0 Å². The maximum atomic E-state index is 2.60. The SMILES string of the molecule is CCC.CCC1CCC(C(C)(C)C2CCC(CC)CC2)CC1. The summed E-state index contributed by atoms with van der Waals surface area (Å²) in [5, 5.41) is 0. The molecule has 0 saturated heterocycles. The molecule has 0 aromatic carbocycles. The Kier molecular flexibility index (Phi) is 9.10. The van der Waals surface area contributed by atoms with Gasteiger partial charge < -0.3 is 0 Å². The minimum Gasteiger partial charge on any atom is -0.0656 e. The van der Waals surface area contributed by atoms with E-state index in [1.54, 1.807) is 0 Å². The van der Waals surface area contributed by atoms with Crippen molar-refractivity contribution in [2.45, 2.75) is 112 Å². The second kappa shape index (κ2) is 9.99. The Labute approximate surface area is 141 Å². The number of rotatable bonds is 4. The molecule has 0 spiro atoms. The van der Waals surface area contributed by atoms with Gasteiger partial charge in [0.05, 0.1) is 0 Å². The van der Waals surface area contributed by atoms with E-state index in [1.807, 2.05) is 0 Å². The van der Waals surface area contributed by atoms with Crippen LogP contribution in [0.2, 0.25) is 0 Å². The first kappa shape index (κ1) is 20.0. The number of hydrogen-bond acceptors (Lipinski definition) is 0. The lowest BCUT2D eigenvalue weighted by Crippen LogP contribution is -2.37. The third-order valence-corrected chi connectivity index (χ3v) is 6.95. The minimum absolute atomic E-state index is 0.609. The zero-order chi connectivity index (χ0) is 16.6. The van der Waals surface area contributed by atoms with Gasteiger partial charge in [-0.25, -0.2) is 0 Å². The van der Waals surface area contributed by atoms with E-state index in [2.05, 4.69) is 41.5 Å². The van der Waals surface area contributed by atoms with E-state index in [-0.39, 0.29) is 0 Å². The van der Waals surface area contributed by atoms with Crippen LogP contribution < -0.4 is 0 Å². The highest BCUT2D eigenvalue weighted by atomic mass is 14.4. The highest BCUT2D eigenvalue weighted by Gasteiger charge is 2.39. The highest BCUT2D eigenvalue weighted by molar-refractivity contribution is 4.90. The molecule has 2 aliphatic rings. The molecule has 2 fully saturated rings. The molecule has 0 atom stereocenters. The Morgan fingerprint density at radius 3 is 1.09 bits per heavy atom. The van der Waals surface area contributed by atoms with Crippen LogP contribution in [-0.2, 0) is 0 Å². The summed E-state index contributed by atoms with van der Waals surface area (Å²) in [7, 11) is 0. The van der Waals surface area contributed by atoms with Crippen LogP contribution in [0.25, 0.3) is 0 Å². The summed E-state index contributed by atoms with van der Waals surface area (Å²) in [6, 6.07) is 0. The first-order valence-corrected chi connectivity index (χ1v) is 10.5. The average molecular weight is 309 g/mol. The van der Waals surface area contributed by atoms with Crippen molar-refractivity contribution in [2.75, 3.05) is 0 Å². The molecule has 2 saturated carbocycles. The van der Waals surface area contributed by atoms with Gasteiger partial charge in [0.25, 0.3) is 0 Å². The van der Waals surface area contributed by atoms with E-state index >= 15 is 0 Å². The van der Waals surface area contributed by atoms with Gasteiger partial charge in [0.1, 0.15) is 0 Å². The average Bonchev–Trinajstić information content (AvgIpc) is 2.55. The van der Waals surface area contributed by atoms with Gasteiger partial charge in [0.15, 0.2) is 0 Å². The van der Waals surface area contributed by atoms with Gasteiger partial charge >= 0.3 is 0 Å². The largest absolute Gasteiger partial charge is 0.0656 e. The van der Waals surface area contributed by atoms with Crippen LogP contribution in [0.15, 0.2) is 0 Å². The lowest BCUT2D eigenvalue weighted by atomic mass is 9.59. The molecular weight excluding hydrogens is 264 g/mol. The molecule has 0 bridgehead atoms. The lowest BCUT2D eigenvalue weighted by Gasteiger charge is -2.46. The van der Waals surface area contributed by atoms with Crippen LogP contribution in [0, 0.1) is 29.1 Å². The van der Waals surface area contributed by atoms with Gasteiger partial charge in [-0.05, 0) is 54.8 Å². The molecular formula is C22H44. The summed E-state index contributed by atoms with van der Waals surface area (Å²) >= 11 is 0. The molecule has 2 rings (SSSR count). The van der Waals surface area contributed by atoms with Crippen molar-refractivity contribution in [2.24, 2.45) is 29.1 Å². The summed E-state index contributed by atoms with van der Waals surface area (Å²) in [6.45, 7) is 14.2. The van der Waals surface area contributed by atoms with E-state index in [0.29, 0.717) is 5.41 Å². The Morgan fingerprint density at radius 1 is 0.591 bits per heavy atom. The minimum atomic E-state index is 0.609. The van der Waals surface area contributed by atoms with Crippen molar-refractivity contribution in [3.8, 4) is 0 Å². The Hall–Kier alpha value is 0. The van der Waals surface area contributed by atoms with E-state index in [9.17, 15) is 0 Å². The van der Waals surface area contributed by atoms with Gasteiger partial charge in [-0.1, -0.05) is 86.5 Å². The molecule has 0 heterocycles. The van der Waals surface area contributed by atoms with Crippen LogP contribution in [0.1, 0.15) is 112 Å². The summed E-state index contributed by atoms with van der Waals surface area (Å²) < 4.78 is 0. The third kappa shape index (κ3) is 5.57. The van der Waals surface area contributed by atoms with E-state index in [0.717, 1.165) is 23.7 Å². The van der Waals surface area contributed by atoms with Crippen molar-refractivity contribution in [3.63, 3.8) is 0 Å². The van der Waals surface area contributed by atoms with Crippen LogP contribution in [0.5, 0.6) is 0 Å². The summed E-state index contributed by atoms with van der Waals surface area (Å²) in [4.78, 5) is 0. The van der Waals surface area contributed by atoms with Crippen molar-refractivity contribution in [3.05, 3.63) is 0 Å². The standard InChI is InChI=1S/C19H36.C3H8/c1-5-15-7-11-17(12-8-15)19(3,4)18-13-9-16(6-2)10-14-18;1-3-2/h15-18H,5-14H2,1-4H3;3H2,1-2H3. The third-order valence-electron chi connectivity index (χ3n) is 6.95. The van der Waals surface area contributed by atoms with Crippen molar-refractivity contribution < 1.29 is 0 Å². The molecule has 0 N–H and O–H groups in total. The van der Waals surface area contributed by atoms with Crippen LogP contribution in [0.4, 0.5) is 0 Å². The molecule has 132 valence electrons. The number of hydrogen-bond donors (Lipinski definition) is 0. The van der Waals surface area contributed by atoms with Crippen LogP contribution in [0.3, 0.4) is 0 Å².